The molecule has 30 heavy (non-hydrogen) atoms. The molecule has 0 spiro atoms. The number of benzene rings is 2. The van der Waals surface area contributed by atoms with E-state index in [4.69, 9.17) is 4.42 Å². The molecule has 7 nitrogen and oxygen atoms in total. The Morgan fingerprint density at radius 3 is 2.53 bits per heavy atom. The van der Waals surface area contributed by atoms with Crippen molar-refractivity contribution in [1.29, 1.82) is 0 Å². The summed E-state index contributed by atoms with van der Waals surface area (Å²) in [5.74, 6) is 2.10. The molecular weight excluding hydrogens is 376 g/mol. The summed E-state index contributed by atoms with van der Waals surface area (Å²) in [6, 6.07) is 18.2. The van der Waals surface area contributed by atoms with Crippen LogP contribution in [0.5, 0.6) is 0 Å². The van der Waals surface area contributed by atoms with Crippen LogP contribution in [-0.2, 0) is 13.1 Å². The van der Waals surface area contributed by atoms with Crippen molar-refractivity contribution in [2.75, 3.05) is 7.05 Å². The van der Waals surface area contributed by atoms with E-state index in [1.54, 1.807) is 13.3 Å². The van der Waals surface area contributed by atoms with Crippen LogP contribution in [0.2, 0.25) is 0 Å². The third kappa shape index (κ3) is 4.75. The molecule has 0 saturated heterocycles. The lowest BCUT2D eigenvalue weighted by Crippen LogP contribution is -2.36. The molecule has 2 aromatic heterocycles. The Labute approximate surface area is 175 Å². The summed E-state index contributed by atoms with van der Waals surface area (Å²) in [5, 5.41) is 6.50. The maximum absolute atomic E-state index is 5.60. The summed E-state index contributed by atoms with van der Waals surface area (Å²) in [6.07, 6.45) is 3.50. The zero-order valence-electron chi connectivity index (χ0n) is 17.0. The van der Waals surface area contributed by atoms with Gasteiger partial charge in [0, 0.05) is 12.6 Å². The van der Waals surface area contributed by atoms with E-state index in [0.29, 0.717) is 24.9 Å². The maximum atomic E-state index is 5.60. The van der Waals surface area contributed by atoms with E-state index >= 15 is 0 Å². The summed E-state index contributed by atoms with van der Waals surface area (Å²) in [5.41, 5.74) is 5.06. The maximum Gasteiger partial charge on any atom is 0.226 e. The monoisotopic (exact) mass is 400 g/mol. The molecular formula is C23H24N6O. The lowest BCUT2D eigenvalue weighted by molar-refractivity contribution is 0.572. The van der Waals surface area contributed by atoms with Crippen LogP contribution >= 0.6 is 0 Å². The van der Waals surface area contributed by atoms with Crippen molar-refractivity contribution < 1.29 is 4.42 Å². The first-order valence-corrected chi connectivity index (χ1v) is 9.76. The van der Waals surface area contributed by atoms with Gasteiger partial charge in [0.1, 0.15) is 12.1 Å². The number of oxazole rings is 1. The van der Waals surface area contributed by atoms with Crippen LogP contribution < -0.4 is 10.6 Å². The molecule has 0 aliphatic rings. The van der Waals surface area contributed by atoms with E-state index in [0.717, 1.165) is 28.3 Å². The number of imidazole rings is 1. The van der Waals surface area contributed by atoms with Crippen LogP contribution in [0, 0.1) is 6.92 Å². The number of H-pyrrole nitrogens is 1. The summed E-state index contributed by atoms with van der Waals surface area (Å²) >= 11 is 0. The molecule has 7 heteroatoms. The number of nitrogens with zero attached hydrogens (tertiary/aromatic N) is 3. The molecule has 0 amide bonds. The highest BCUT2D eigenvalue weighted by atomic mass is 16.3. The fourth-order valence-corrected chi connectivity index (χ4v) is 3.00. The second-order valence-corrected chi connectivity index (χ2v) is 6.90. The first-order chi connectivity index (χ1) is 14.7. The minimum atomic E-state index is 0.502. The Morgan fingerprint density at radius 2 is 1.77 bits per heavy atom. The van der Waals surface area contributed by atoms with Crippen molar-refractivity contribution in [3.05, 3.63) is 84.1 Å². The Balaban J connectivity index is 1.31. The van der Waals surface area contributed by atoms with Gasteiger partial charge in [0.25, 0.3) is 0 Å². The van der Waals surface area contributed by atoms with Gasteiger partial charge in [-0.1, -0.05) is 48.0 Å². The third-order valence-corrected chi connectivity index (χ3v) is 4.65. The highest BCUT2D eigenvalue weighted by Crippen LogP contribution is 2.19. The van der Waals surface area contributed by atoms with Crippen LogP contribution in [-0.4, -0.2) is 28.0 Å². The Morgan fingerprint density at radius 1 is 1.00 bits per heavy atom. The molecule has 0 radical (unpaired) electrons. The molecule has 0 fully saturated rings. The molecule has 2 aromatic carbocycles. The van der Waals surface area contributed by atoms with E-state index < -0.39 is 0 Å². The topological polar surface area (TPSA) is 91.1 Å². The van der Waals surface area contributed by atoms with Gasteiger partial charge in [0.2, 0.25) is 5.89 Å². The van der Waals surface area contributed by atoms with Gasteiger partial charge in [-0.05, 0) is 24.6 Å². The van der Waals surface area contributed by atoms with E-state index in [1.807, 2.05) is 60.8 Å². The lowest BCUT2D eigenvalue weighted by atomic mass is 10.1. The van der Waals surface area contributed by atoms with Crippen molar-refractivity contribution >= 4 is 5.96 Å². The van der Waals surface area contributed by atoms with Crippen LogP contribution in [0.4, 0.5) is 0 Å². The molecule has 4 aromatic rings. The highest BCUT2D eigenvalue weighted by molar-refractivity contribution is 5.79. The quantitative estimate of drug-likeness (QED) is 0.337. The van der Waals surface area contributed by atoms with Gasteiger partial charge >= 0.3 is 0 Å². The zero-order valence-corrected chi connectivity index (χ0v) is 17.0. The minimum Gasteiger partial charge on any atom is -0.444 e. The Kier molecular flexibility index (Phi) is 5.89. The van der Waals surface area contributed by atoms with Gasteiger partial charge in [-0.2, -0.15) is 0 Å². The molecule has 4 rings (SSSR count). The standard InChI is InChI=1S/C23H24N6O/c1-16-8-10-18(11-9-16)22-28-19(15-30-22)12-26-23(24-2)27-14-21-25-13-20(29-21)17-6-4-3-5-7-17/h3-11,13,15H,12,14H2,1-2H3,(H,25,29)(H2,24,26,27). The minimum absolute atomic E-state index is 0.502. The predicted octanol–water partition coefficient (Wildman–Crippen LogP) is 3.91. The SMILES string of the molecule is CN=C(NCc1coc(-c2ccc(C)cc2)n1)NCc1ncc(-c2ccccc2)[nH]1. The van der Waals surface area contributed by atoms with Gasteiger partial charge in [-0.25, -0.2) is 9.97 Å². The average molecular weight is 400 g/mol. The van der Waals surface area contributed by atoms with Crippen LogP contribution in [0.15, 0.2) is 76.5 Å². The van der Waals surface area contributed by atoms with Crippen molar-refractivity contribution in [3.63, 3.8) is 0 Å². The predicted molar refractivity (Wildman–Crippen MR) is 118 cm³/mol. The van der Waals surface area contributed by atoms with Gasteiger partial charge in [-0.3, -0.25) is 4.99 Å². The van der Waals surface area contributed by atoms with Crippen molar-refractivity contribution in [2.24, 2.45) is 4.99 Å². The number of aliphatic imine (C=N–C) groups is 1. The second kappa shape index (κ2) is 9.09. The molecule has 0 atom stereocenters. The fraction of sp³-hybridized carbons (Fsp3) is 0.174. The molecule has 0 saturated carbocycles. The number of hydrogen-bond acceptors (Lipinski definition) is 4. The number of aromatic amines is 1. The molecule has 0 unspecified atom stereocenters. The van der Waals surface area contributed by atoms with Crippen LogP contribution in [0.1, 0.15) is 17.1 Å². The second-order valence-electron chi connectivity index (χ2n) is 6.90. The van der Waals surface area contributed by atoms with Crippen LogP contribution in [0.25, 0.3) is 22.7 Å². The molecule has 0 aliphatic carbocycles. The van der Waals surface area contributed by atoms with Gasteiger partial charge in [-0.15, -0.1) is 0 Å². The summed E-state index contributed by atoms with van der Waals surface area (Å²) in [7, 11) is 1.73. The number of guanidine groups is 1. The van der Waals surface area contributed by atoms with Crippen molar-refractivity contribution in [3.8, 4) is 22.7 Å². The summed E-state index contributed by atoms with van der Waals surface area (Å²) in [6.45, 7) is 3.08. The smallest absolute Gasteiger partial charge is 0.226 e. The van der Waals surface area contributed by atoms with E-state index in [1.165, 1.54) is 5.56 Å². The van der Waals surface area contributed by atoms with E-state index in [9.17, 15) is 0 Å². The average Bonchev–Trinajstić information content (AvgIpc) is 3.45. The lowest BCUT2D eigenvalue weighted by Gasteiger charge is -2.09. The van der Waals surface area contributed by atoms with Crippen molar-refractivity contribution in [1.82, 2.24) is 25.6 Å². The summed E-state index contributed by atoms with van der Waals surface area (Å²) < 4.78 is 5.60. The molecule has 0 aliphatic heterocycles. The van der Waals surface area contributed by atoms with E-state index in [2.05, 4.69) is 37.5 Å². The first-order valence-electron chi connectivity index (χ1n) is 9.76. The highest BCUT2D eigenvalue weighted by Gasteiger charge is 2.08. The van der Waals surface area contributed by atoms with Gasteiger partial charge < -0.3 is 20.0 Å². The molecule has 0 bridgehead atoms. The largest absolute Gasteiger partial charge is 0.444 e. The number of rotatable bonds is 6. The number of aryl methyl sites for hydroxylation is 1. The third-order valence-electron chi connectivity index (χ3n) is 4.65. The van der Waals surface area contributed by atoms with Gasteiger partial charge in [0.05, 0.1) is 30.7 Å². The number of aromatic nitrogens is 3. The molecule has 2 heterocycles. The first kappa shape index (κ1) is 19.4. The zero-order chi connectivity index (χ0) is 20.8. The molecule has 152 valence electrons. The van der Waals surface area contributed by atoms with Crippen molar-refractivity contribution in [2.45, 2.75) is 20.0 Å². The number of hydrogen-bond donors (Lipinski definition) is 3. The number of nitrogens with one attached hydrogen (secondary N) is 3. The Hall–Kier alpha value is -3.87. The Bertz CT molecular complexity index is 1110. The normalized spacial score (nSPS) is 11.5. The molecule has 3 N–H and O–H groups in total. The fourth-order valence-electron chi connectivity index (χ4n) is 3.00. The van der Waals surface area contributed by atoms with Gasteiger partial charge in [0.15, 0.2) is 5.96 Å². The van der Waals surface area contributed by atoms with Crippen LogP contribution in [0.3, 0.4) is 0 Å². The summed E-state index contributed by atoms with van der Waals surface area (Å²) in [4.78, 5) is 16.5. The van der Waals surface area contributed by atoms with E-state index in [-0.39, 0.29) is 0 Å².